The number of para-hydroxylation sites is 1. The molecule has 0 fully saturated rings. The van der Waals surface area contributed by atoms with Crippen molar-refractivity contribution in [1.29, 1.82) is 0 Å². The van der Waals surface area contributed by atoms with Gasteiger partial charge in [-0.25, -0.2) is 8.42 Å². The highest BCUT2D eigenvalue weighted by atomic mass is 32.2. The fourth-order valence-corrected chi connectivity index (χ4v) is 8.94. The third-order valence-corrected chi connectivity index (χ3v) is 12.0. The molecule has 0 radical (unpaired) electrons. The molecule has 4 rings (SSSR count). The molecule has 13 nitrogen and oxygen atoms in total. The topological polar surface area (TPSA) is 214 Å². The summed E-state index contributed by atoms with van der Waals surface area (Å²) in [4.78, 5) is 29.0. The number of aromatic hydroxyl groups is 1. The summed E-state index contributed by atoms with van der Waals surface area (Å²) in [6, 6.07) is 17.1. The number of amides is 2. The number of benzene rings is 3. The number of sulfone groups is 1. The Labute approximate surface area is 298 Å². The SMILES string of the molecule is CCCCC1(CC)CN(c2ccccc2)c2cc(SC)c(OCC(=O)N[C@@H](C(=O)NCCS(=O)(=O)O)c3ccc(O)cc3)cc2S(=O)(=O)C1.N. The average Bonchev–Trinajstić information content (AvgIpc) is 3.16. The van der Waals surface area contributed by atoms with E-state index in [-0.39, 0.29) is 28.3 Å². The van der Waals surface area contributed by atoms with Crippen LogP contribution in [0.5, 0.6) is 11.5 Å². The van der Waals surface area contributed by atoms with Crippen LogP contribution in [0.15, 0.2) is 76.5 Å². The minimum Gasteiger partial charge on any atom is -0.508 e. The Morgan fingerprint density at radius 1 is 1.08 bits per heavy atom. The molecule has 0 aliphatic carbocycles. The monoisotopic (exact) mass is 750 g/mol. The van der Waals surface area contributed by atoms with Crippen LogP contribution in [0.25, 0.3) is 0 Å². The van der Waals surface area contributed by atoms with Crippen LogP contribution in [0.4, 0.5) is 11.4 Å². The Morgan fingerprint density at radius 2 is 1.76 bits per heavy atom. The summed E-state index contributed by atoms with van der Waals surface area (Å²) in [7, 11) is -8.15. The van der Waals surface area contributed by atoms with Crippen molar-refractivity contribution in [1.82, 2.24) is 16.8 Å². The lowest BCUT2D eigenvalue weighted by Gasteiger charge is -2.36. The number of carbonyl (C=O) groups excluding carboxylic acids is 2. The summed E-state index contributed by atoms with van der Waals surface area (Å²) in [5.74, 6) is -2.12. The van der Waals surface area contributed by atoms with Crippen LogP contribution >= 0.6 is 11.8 Å². The quantitative estimate of drug-likeness (QED) is 0.102. The summed E-state index contributed by atoms with van der Waals surface area (Å²) >= 11 is 1.34. The number of hydrogen-bond acceptors (Lipinski definition) is 11. The van der Waals surface area contributed by atoms with Crippen LogP contribution in [-0.4, -0.2) is 75.8 Å². The third-order valence-electron chi connectivity index (χ3n) is 8.55. The molecule has 3 aromatic carbocycles. The number of anilines is 2. The molecule has 0 bridgehead atoms. The summed E-state index contributed by atoms with van der Waals surface area (Å²) in [5.41, 5.74) is 1.20. The first-order valence-electron chi connectivity index (χ1n) is 15.9. The molecular weight excluding hydrogens is 705 g/mol. The van der Waals surface area contributed by atoms with Gasteiger partial charge in [-0.3, -0.25) is 14.1 Å². The number of ether oxygens (including phenoxy) is 1. The van der Waals surface area contributed by atoms with Crippen LogP contribution in [0.2, 0.25) is 0 Å². The molecule has 3 aromatic rings. The normalized spacial score (nSPS) is 17.4. The van der Waals surface area contributed by atoms with Gasteiger partial charge in [0.25, 0.3) is 16.0 Å². The molecule has 1 aliphatic rings. The third kappa shape index (κ3) is 10.4. The van der Waals surface area contributed by atoms with Gasteiger partial charge in [0.05, 0.1) is 27.0 Å². The van der Waals surface area contributed by atoms with Crippen LogP contribution in [-0.2, 0) is 29.5 Å². The predicted octanol–water partition coefficient (Wildman–Crippen LogP) is 5.03. The Kier molecular flexibility index (Phi) is 14.1. The molecular formula is C34H46N4O9S3. The van der Waals surface area contributed by atoms with Gasteiger partial charge in [-0.1, -0.05) is 57.0 Å². The highest BCUT2D eigenvalue weighted by Crippen LogP contribution is 2.47. The zero-order valence-electron chi connectivity index (χ0n) is 28.4. The van der Waals surface area contributed by atoms with Crippen molar-refractivity contribution in [3.63, 3.8) is 0 Å². The van der Waals surface area contributed by atoms with E-state index in [0.29, 0.717) is 29.1 Å². The van der Waals surface area contributed by atoms with Gasteiger partial charge in [-0.15, -0.1) is 11.8 Å². The van der Waals surface area contributed by atoms with Crippen molar-refractivity contribution in [2.75, 3.05) is 42.4 Å². The van der Waals surface area contributed by atoms with Crippen molar-refractivity contribution in [2.45, 2.75) is 55.4 Å². The number of carbonyl (C=O) groups is 2. The largest absolute Gasteiger partial charge is 0.508 e. The molecule has 50 heavy (non-hydrogen) atoms. The molecule has 2 amide bonds. The number of nitrogens with zero attached hydrogens (tertiary/aromatic N) is 1. The van der Waals surface area contributed by atoms with Crippen LogP contribution in [0, 0.1) is 5.41 Å². The highest BCUT2D eigenvalue weighted by Gasteiger charge is 2.42. The molecule has 2 atom stereocenters. The fraction of sp³-hybridized carbons (Fsp3) is 0.412. The lowest BCUT2D eigenvalue weighted by Crippen LogP contribution is -2.43. The standard InChI is InChI=1S/C34H43N3O9S3.H3N/c1-4-6-16-34(5-2)22-37(25-10-8-7-9-11-25)27-19-29(47-3)28(20-30(27)48(41,42)23-34)46-21-31(39)36-32(24-12-14-26(38)15-13-24)33(40)35-17-18-49(43,44)45;/h7-15,19-20,32,38H,4-6,16-18,21-23H2,1-3H3,(H,35,40)(H,36,39)(H,43,44,45);1H3/t32-,34?;/m1./s1. The van der Waals surface area contributed by atoms with E-state index in [4.69, 9.17) is 9.29 Å². The predicted molar refractivity (Wildman–Crippen MR) is 195 cm³/mol. The molecule has 1 unspecified atom stereocenters. The van der Waals surface area contributed by atoms with Gasteiger partial charge < -0.3 is 31.5 Å². The van der Waals surface area contributed by atoms with Gasteiger partial charge >= 0.3 is 0 Å². The van der Waals surface area contributed by atoms with Gasteiger partial charge in [0.2, 0.25) is 5.91 Å². The van der Waals surface area contributed by atoms with Crippen molar-refractivity contribution in [3.8, 4) is 11.5 Å². The minimum absolute atomic E-state index is 0. The van der Waals surface area contributed by atoms with E-state index < -0.39 is 62.1 Å². The lowest BCUT2D eigenvalue weighted by atomic mass is 9.81. The maximum atomic E-state index is 14.2. The molecule has 1 heterocycles. The summed E-state index contributed by atoms with van der Waals surface area (Å²) in [6.07, 6.45) is 5.08. The van der Waals surface area contributed by atoms with Crippen LogP contribution < -0.4 is 26.4 Å². The smallest absolute Gasteiger partial charge is 0.266 e. The summed E-state index contributed by atoms with van der Waals surface area (Å²) in [5, 5.41) is 14.6. The number of nitrogens with one attached hydrogen (secondary N) is 2. The number of hydrogen-bond donors (Lipinski definition) is 5. The first-order valence-corrected chi connectivity index (χ1v) is 20.4. The van der Waals surface area contributed by atoms with E-state index in [0.717, 1.165) is 24.9 Å². The lowest BCUT2D eigenvalue weighted by molar-refractivity contribution is -0.130. The maximum Gasteiger partial charge on any atom is 0.266 e. The summed E-state index contributed by atoms with van der Waals surface area (Å²) in [6.45, 7) is 3.66. The van der Waals surface area contributed by atoms with Crippen LogP contribution in [0.1, 0.15) is 51.1 Å². The zero-order valence-corrected chi connectivity index (χ0v) is 30.9. The number of phenolic OH excluding ortho intramolecular Hbond substituents is 1. The van der Waals surface area contributed by atoms with Crippen molar-refractivity contribution in [2.24, 2.45) is 5.41 Å². The van der Waals surface area contributed by atoms with Gasteiger partial charge in [0.1, 0.15) is 17.5 Å². The first kappa shape index (κ1) is 40.6. The molecule has 1 aliphatic heterocycles. The highest BCUT2D eigenvalue weighted by molar-refractivity contribution is 7.98. The molecule has 0 aromatic heterocycles. The Bertz CT molecular complexity index is 1840. The van der Waals surface area contributed by atoms with Gasteiger partial charge in [-0.05, 0) is 55.0 Å². The molecule has 7 N–H and O–H groups in total. The number of phenols is 1. The number of thioether (sulfide) groups is 1. The van der Waals surface area contributed by atoms with Crippen molar-refractivity contribution >= 4 is 54.9 Å². The van der Waals surface area contributed by atoms with E-state index in [1.165, 1.54) is 42.1 Å². The Morgan fingerprint density at radius 3 is 2.36 bits per heavy atom. The second kappa shape index (κ2) is 17.4. The van der Waals surface area contributed by atoms with Gasteiger partial charge in [0, 0.05) is 30.3 Å². The molecule has 0 saturated heterocycles. The number of fused-ring (bicyclic) bond motifs is 1. The zero-order chi connectivity index (χ0) is 35.8. The molecule has 0 spiro atoms. The number of unbranched alkanes of at least 4 members (excludes halogenated alkanes) is 1. The average molecular weight is 751 g/mol. The van der Waals surface area contributed by atoms with E-state index in [1.54, 1.807) is 6.07 Å². The number of rotatable bonds is 15. The van der Waals surface area contributed by atoms with Gasteiger partial charge in [-0.2, -0.15) is 8.42 Å². The second-order valence-corrected chi connectivity index (χ2v) is 16.4. The molecule has 274 valence electrons. The van der Waals surface area contributed by atoms with E-state index in [1.807, 2.05) is 43.5 Å². The minimum atomic E-state index is -4.34. The van der Waals surface area contributed by atoms with E-state index in [9.17, 15) is 31.5 Å². The van der Waals surface area contributed by atoms with Crippen molar-refractivity contribution in [3.05, 3.63) is 72.3 Å². The van der Waals surface area contributed by atoms with Crippen molar-refractivity contribution < 1.29 is 40.8 Å². The molecule has 16 heteroatoms. The van der Waals surface area contributed by atoms with Crippen LogP contribution in [0.3, 0.4) is 0 Å². The van der Waals surface area contributed by atoms with E-state index in [2.05, 4.69) is 22.5 Å². The maximum absolute atomic E-state index is 14.2. The Balaban J connectivity index is 0.00000676. The first-order chi connectivity index (χ1) is 23.2. The van der Waals surface area contributed by atoms with E-state index >= 15 is 0 Å². The Hall–Kier alpha value is -3.83. The second-order valence-electron chi connectivity index (χ2n) is 12.1. The fourth-order valence-electron chi connectivity index (χ4n) is 5.86. The summed E-state index contributed by atoms with van der Waals surface area (Å²) < 4.78 is 65.5. The molecule has 0 saturated carbocycles. The van der Waals surface area contributed by atoms with Gasteiger partial charge in [0.15, 0.2) is 16.4 Å².